The molecule has 0 heterocycles. The quantitative estimate of drug-likeness (QED) is 0.535. The van der Waals surface area contributed by atoms with Crippen LogP contribution in [-0.4, -0.2) is 29.2 Å². The summed E-state index contributed by atoms with van der Waals surface area (Å²) in [4.78, 5) is 0. The molecule has 1 aromatic rings. The van der Waals surface area contributed by atoms with Crippen molar-refractivity contribution in [3.05, 3.63) is 29.8 Å². The minimum absolute atomic E-state index is 0. The molecular formula is C11H15BrMgO. The number of hydrogen-bond acceptors (Lipinski definition) is 1. The summed E-state index contributed by atoms with van der Waals surface area (Å²) in [5.41, 5.74) is 1.18. The first-order chi connectivity index (χ1) is 5.74. The number of ether oxygens (including phenoxy) is 1. The molecule has 0 radical (unpaired) electrons. The van der Waals surface area contributed by atoms with E-state index in [0.29, 0.717) is 6.10 Å². The van der Waals surface area contributed by atoms with E-state index in [1.807, 2.05) is 25.1 Å². The molecule has 1 aromatic carbocycles. The summed E-state index contributed by atoms with van der Waals surface area (Å²) in [6.45, 7) is 6.24. The molecule has 0 aromatic heterocycles. The minimum Gasteiger partial charge on any atom is -1.00 e. The van der Waals surface area contributed by atoms with Gasteiger partial charge in [0, 0.05) is 5.75 Å². The Bertz CT molecular complexity index is 253. The van der Waals surface area contributed by atoms with E-state index in [-0.39, 0.29) is 40.0 Å². The van der Waals surface area contributed by atoms with Gasteiger partial charge in [0.2, 0.25) is 0 Å². The second-order valence-electron chi connectivity index (χ2n) is 3.03. The Morgan fingerprint density at radius 3 is 2.64 bits per heavy atom. The molecule has 14 heavy (non-hydrogen) atoms. The number of halogens is 1. The van der Waals surface area contributed by atoms with E-state index < -0.39 is 0 Å². The average Bonchev–Trinajstić information content (AvgIpc) is 2.09. The van der Waals surface area contributed by atoms with Crippen LogP contribution < -0.4 is 21.7 Å². The molecule has 3 heteroatoms. The van der Waals surface area contributed by atoms with Gasteiger partial charge in [-0.25, -0.2) is 0 Å². The predicted molar refractivity (Wildman–Crippen MR) is 56.2 cm³/mol. The van der Waals surface area contributed by atoms with Crippen molar-refractivity contribution in [3.63, 3.8) is 0 Å². The smallest absolute Gasteiger partial charge is 1.00 e. The van der Waals surface area contributed by atoms with Crippen molar-refractivity contribution in [2.75, 3.05) is 0 Å². The second-order valence-corrected chi connectivity index (χ2v) is 3.03. The van der Waals surface area contributed by atoms with Gasteiger partial charge < -0.3 is 21.7 Å². The third-order valence-electron chi connectivity index (χ3n) is 1.94. The fourth-order valence-corrected chi connectivity index (χ4v) is 0.920. The minimum atomic E-state index is 0. The maximum absolute atomic E-state index is 5.66. The van der Waals surface area contributed by atoms with E-state index in [1.165, 1.54) is 5.56 Å². The fourth-order valence-electron chi connectivity index (χ4n) is 0.920. The van der Waals surface area contributed by atoms with Crippen molar-refractivity contribution < 1.29 is 21.7 Å². The van der Waals surface area contributed by atoms with Crippen molar-refractivity contribution in [3.8, 4) is 5.75 Å². The van der Waals surface area contributed by atoms with Crippen LogP contribution in [0.1, 0.15) is 25.8 Å². The van der Waals surface area contributed by atoms with Gasteiger partial charge in [0.15, 0.2) is 0 Å². The Labute approximate surface area is 113 Å². The number of hydrogen-bond donors (Lipinski definition) is 0. The summed E-state index contributed by atoms with van der Waals surface area (Å²) in [5.74, 6) is 0.951. The summed E-state index contributed by atoms with van der Waals surface area (Å²) in [7, 11) is 0. The molecule has 0 fully saturated rings. The van der Waals surface area contributed by atoms with E-state index in [1.54, 1.807) is 0 Å². The molecule has 1 rings (SSSR count). The maximum atomic E-state index is 5.66. The van der Waals surface area contributed by atoms with E-state index >= 15 is 0 Å². The van der Waals surface area contributed by atoms with Gasteiger partial charge in [0.1, 0.15) is 0 Å². The maximum Gasteiger partial charge on any atom is 2.00 e. The number of rotatable bonds is 3. The van der Waals surface area contributed by atoms with Crippen molar-refractivity contribution in [1.82, 2.24) is 0 Å². The van der Waals surface area contributed by atoms with Crippen LogP contribution in [0.15, 0.2) is 18.2 Å². The van der Waals surface area contributed by atoms with E-state index in [2.05, 4.69) is 19.9 Å². The van der Waals surface area contributed by atoms with Crippen LogP contribution in [0.2, 0.25) is 0 Å². The molecule has 0 aliphatic heterocycles. The Morgan fingerprint density at radius 1 is 1.50 bits per heavy atom. The molecule has 1 unspecified atom stereocenters. The molecule has 74 valence electrons. The second kappa shape index (κ2) is 8.56. The molecule has 0 saturated carbocycles. The molecule has 1 atom stereocenters. The van der Waals surface area contributed by atoms with Gasteiger partial charge >= 0.3 is 23.1 Å². The van der Waals surface area contributed by atoms with Gasteiger partial charge in [-0.2, -0.15) is 18.2 Å². The Hall–Kier alpha value is 0.266. The Kier molecular flexibility index (Phi) is 10.2. The molecule has 0 spiro atoms. The van der Waals surface area contributed by atoms with Crippen molar-refractivity contribution in [2.24, 2.45) is 0 Å². The largest absolute Gasteiger partial charge is 2.00 e. The van der Waals surface area contributed by atoms with Crippen LogP contribution in [0.3, 0.4) is 0 Å². The summed E-state index contributed by atoms with van der Waals surface area (Å²) in [5, 5.41) is 0. The monoisotopic (exact) mass is 266 g/mol. The van der Waals surface area contributed by atoms with E-state index in [0.717, 1.165) is 12.2 Å². The van der Waals surface area contributed by atoms with Crippen molar-refractivity contribution >= 4 is 23.1 Å². The van der Waals surface area contributed by atoms with Gasteiger partial charge in [-0.1, -0.05) is 13.8 Å². The molecule has 1 nitrogen and oxygen atoms in total. The first-order valence-electron chi connectivity index (χ1n) is 4.37. The standard InChI is InChI=1S/C11H15O.BrH.Mg/c1-4-10(3)12-11-8-6-5-7-9(11)2;;/h5,7-8,10H,4H2,1-3H3;1H;/q-1;;+2/p-1. The zero-order valence-corrected chi connectivity index (χ0v) is 12.0. The van der Waals surface area contributed by atoms with Crippen molar-refractivity contribution in [1.29, 1.82) is 0 Å². The van der Waals surface area contributed by atoms with Gasteiger partial charge in [-0.3, -0.25) is 0 Å². The molecule has 0 aliphatic rings. The van der Waals surface area contributed by atoms with Gasteiger partial charge in [-0.05, 0) is 13.3 Å². The molecule has 0 N–H and O–H groups in total. The van der Waals surface area contributed by atoms with E-state index in [4.69, 9.17) is 4.74 Å². The molecule has 0 saturated heterocycles. The summed E-state index contributed by atoms with van der Waals surface area (Å²) < 4.78 is 5.66. The molecule has 0 aliphatic carbocycles. The Balaban J connectivity index is 0. The zero-order chi connectivity index (χ0) is 8.97. The van der Waals surface area contributed by atoms with E-state index in [9.17, 15) is 0 Å². The molecule has 0 amide bonds. The summed E-state index contributed by atoms with van der Waals surface area (Å²) in [6.07, 6.45) is 1.33. The number of aryl methyl sites for hydroxylation is 1. The molecule has 0 bridgehead atoms. The van der Waals surface area contributed by atoms with Crippen LogP contribution in [-0.2, 0) is 0 Å². The number of benzene rings is 1. The third kappa shape index (κ3) is 5.22. The van der Waals surface area contributed by atoms with Gasteiger partial charge in [-0.15, -0.1) is 11.6 Å². The van der Waals surface area contributed by atoms with Crippen molar-refractivity contribution in [2.45, 2.75) is 33.3 Å². The summed E-state index contributed by atoms with van der Waals surface area (Å²) in [6, 6.07) is 8.81. The SMILES string of the molecule is CCC(C)Oc1c[c-]ccc1C.[Br-].[Mg+2]. The van der Waals surface area contributed by atoms with Crippen LogP contribution in [0, 0.1) is 13.0 Å². The first-order valence-corrected chi connectivity index (χ1v) is 4.37. The average molecular weight is 267 g/mol. The van der Waals surface area contributed by atoms with Crippen LogP contribution in [0.25, 0.3) is 0 Å². The fraction of sp³-hybridized carbons (Fsp3) is 0.455. The van der Waals surface area contributed by atoms with Gasteiger partial charge in [0.25, 0.3) is 0 Å². The Morgan fingerprint density at radius 2 is 2.14 bits per heavy atom. The third-order valence-corrected chi connectivity index (χ3v) is 1.94. The van der Waals surface area contributed by atoms with Gasteiger partial charge in [0.05, 0.1) is 6.10 Å². The van der Waals surface area contributed by atoms with Crippen LogP contribution in [0.4, 0.5) is 0 Å². The summed E-state index contributed by atoms with van der Waals surface area (Å²) >= 11 is 0. The predicted octanol–water partition coefficient (Wildman–Crippen LogP) is -0.404. The zero-order valence-electron chi connectivity index (χ0n) is 9.01. The first kappa shape index (κ1) is 16.7. The molecular weight excluding hydrogens is 252 g/mol. The topological polar surface area (TPSA) is 9.23 Å². The normalized spacial score (nSPS) is 10.8. The van der Waals surface area contributed by atoms with Crippen LogP contribution in [0.5, 0.6) is 5.75 Å². The van der Waals surface area contributed by atoms with Crippen LogP contribution >= 0.6 is 0 Å².